The molecule has 0 unspecified atom stereocenters. The molecule has 3 aromatic carbocycles. The van der Waals surface area contributed by atoms with Gasteiger partial charge in [0, 0.05) is 20.4 Å². The van der Waals surface area contributed by atoms with Gasteiger partial charge in [0.25, 0.3) is 5.91 Å². The van der Waals surface area contributed by atoms with Crippen LogP contribution in [-0.4, -0.2) is 12.1 Å². The molecule has 0 radical (unpaired) electrons. The van der Waals surface area contributed by atoms with Gasteiger partial charge in [0.15, 0.2) is 0 Å². The van der Waals surface area contributed by atoms with E-state index in [9.17, 15) is 4.79 Å². The molecule has 1 amide bonds. The first-order chi connectivity index (χ1) is 12.6. The summed E-state index contributed by atoms with van der Waals surface area (Å²) in [6, 6.07) is 23.2. The molecule has 0 bridgehead atoms. The molecule has 5 heteroatoms. The second-order valence-corrected chi connectivity index (χ2v) is 7.28. The number of aryl methyl sites for hydroxylation is 1. The van der Waals surface area contributed by atoms with Gasteiger partial charge in [-0.1, -0.05) is 59.3 Å². The molecule has 0 aliphatic carbocycles. The van der Waals surface area contributed by atoms with Crippen molar-refractivity contribution >= 4 is 35.5 Å². The second-order valence-electron chi connectivity index (χ2n) is 5.69. The zero-order valence-electron chi connectivity index (χ0n) is 14.1. The summed E-state index contributed by atoms with van der Waals surface area (Å²) in [7, 11) is 0. The molecule has 0 atom stereocenters. The summed E-state index contributed by atoms with van der Waals surface area (Å²) in [5, 5.41) is 4.51. The standard InChI is InChI=1S/C21H17ClN2OS/c1-15-5-9-19(10-6-15)26-20-11-7-16(8-12-20)14-23-24-21(25)17-3-2-4-18(22)13-17/h2-14H,1H3,(H,24,25)/b23-14-. The van der Waals surface area contributed by atoms with Crippen molar-refractivity contribution in [2.24, 2.45) is 5.10 Å². The van der Waals surface area contributed by atoms with Crippen LogP contribution in [0.3, 0.4) is 0 Å². The summed E-state index contributed by atoms with van der Waals surface area (Å²) in [6.07, 6.45) is 1.61. The first-order valence-corrected chi connectivity index (χ1v) is 9.23. The lowest BCUT2D eigenvalue weighted by atomic mass is 10.2. The van der Waals surface area contributed by atoms with Gasteiger partial charge in [-0.2, -0.15) is 5.10 Å². The zero-order chi connectivity index (χ0) is 18.4. The summed E-state index contributed by atoms with van der Waals surface area (Å²) >= 11 is 7.58. The Morgan fingerprint density at radius 1 is 1.00 bits per heavy atom. The van der Waals surface area contributed by atoms with Crippen molar-refractivity contribution in [2.45, 2.75) is 16.7 Å². The van der Waals surface area contributed by atoms with Gasteiger partial charge >= 0.3 is 0 Å². The molecule has 3 nitrogen and oxygen atoms in total. The van der Waals surface area contributed by atoms with Crippen molar-refractivity contribution in [1.82, 2.24) is 5.43 Å². The van der Waals surface area contributed by atoms with Crippen LogP contribution < -0.4 is 5.43 Å². The van der Waals surface area contributed by atoms with E-state index in [1.165, 1.54) is 10.5 Å². The Bertz CT molecular complexity index is 922. The van der Waals surface area contributed by atoms with Gasteiger partial charge in [-0.3, -0.25) is 4.79 Å². The van der Waals surface area contributed by atoms with Gasteiger partial charge in [-0.25, -0.2) is 5.43 Å². The number of halogens is 1. The van der Waals surface area contributed by atoms with Crippen LogP contribution >= 0.6 is 23.4 Å². The predicted octanol–water partition coefficient (Wildman–Crippen LogP) is 5.56. The number of hydrogen-bond donors (Lipinski definition) is 1. The fraction of sp³-hybridized carbons (Fsp3) is 0.0476. The van der Waals surface area contributed by atoms with Gasteiger partial charge in [0.1, 0.15) is 0 Å². The molecule has 0 aliphatic heterocycles. The van der Waals surface area contributed by atoms with Crippen molar-refractivity contribution in [3.8, 4) is 0 Å². The molecule has 0 spiro atoms. The third kappa shape index (κ3) is 5.22. The third-order valence-corrected chi connectivity index (χ3v) is 4.85. The quantitative estimate of drug-likeness (QED) is 0.464. The second kappa shape index (κ2) is 8.70. The predicted molar refractivity (Wildman–Crippen MR) is 108 cm³/mol. The maximum atomic E-state index is 12.0. The molecule has 3 aromatic rings. The molecule has 0 fully saturated rings. The lowest BCUT2D eigenvalue weighted by Crippen LogP contribution is -2.17. The number of hydrogen-bond acceptors (Lipinski definition) is 3. The Morgan fingerprint density at radius 2 is 1.65 bits per heavy atom. The number of carbonyl (C=O) groups is 1. The number of nitrogens with zero attached hydrogens (tertiary/aromatic N) is 1. The van der Waals surface area contributed by atoms with Gasteiger partial charge in [-0.05, 0) is 55.0 Å². The van der Waals surface area contributed by atoms with Crippen LogP contribution in [-0.2, 0) is 0 Å². The maximum absolute atomic E-state index is 12.0. The highest BCUT2D eigenvalue weighted by Gasteiger charge is 2.04. The third-order valence-electron chi connectivity index (χ3n) is 3.60. The highest BCUT2D eigenvalue weighted by Crippen LogP contribution is 2.27. The highest BCUT2D eigenvalue weighted by molar-refractivity contribution is 7.99. The molecule has 1 N–H and O–H groups in total. The number of benzene rings is 3. The van der Waals surface area contributed by atoms with E-state index in [0.717, 1.165) is 10.5 Å². The molecular weight excluding hydrogens is 364 g/mol. The molecule has 0 aliphatic rings. The van der Waals surface area contributed by atoms with Gasteiger partial charge < -0.3 is 0 Å². The number of carbonyl (C=O) groups excluding carboxylic acids is 1. The van der Waals surface area contributed by atoms with E-state index in [-0.39, 0.29) is 5.91 Å². The monoisotopic (exact) mass is 380 g/mol. The van der Waals surface area contributed by atoms with Crippen LogP contribution in [0.4, 0.5) is 0 Å². The Balaban J connectivity index is 1.57. The van der Waals surface area contributed by atoms with Crippen LogP contribution in [0.2, 0.25) is 5.02 Å². The minimum atomic E-state index is -0.296. The van der Waals surface area contributed by atoms with E-state index >= 15 is 0 Å². The highest BCUT2D eigenvalue weighted by atomic mass is 35.5. The molecule has 130 valence electrons. The fourth-order valence-electron chi connectivity index (χ4n) is 2.22. The minimum absolute atomic E-state index is 0.296. The largest absolute Gasteiger partial charge is 0.271 e. The minimum Gasteiger partial charge on any atom is -0.267 e. The van der Waals surface area contributed by atoms with E-state index in [2.05, 4.69) is 41.7 Å². The molecule has 0 saturated heterocycles. The van der Waals surface area contributed by atoms with Crippen molar-refractivity contribution in [3.05, 3.63) is 94.5 Å². The Labute approximate surface area is 162 Å². The number of amides is 1. The molecular formula is C21H17ClN2OS. The Kier molecular flexibility index (Phi) is 6.10. The summed E-state index contributed by atoms with van der Waals surface area (Å²) < 4.78 is 0. The zero-order valence-corrected chi connectivity index (χ0v) is 15.7. The van der Waals surface area contributed by atoms with Gasteiger partial charge in [-0.15, -0.1) is 0 Å². The average Bonchev–Trinajstić information content (AvgIpc) is 2.65. The average molecular weight is 381 g/mol. The fourth-order valence-corrected chi connectivity index (χ4v) is 3.23. The van der Waals surface area contributed by atoms with Crippen molar-refractivity contribution < 1.29 is 4.79 Å². The van der Waals surface area contributed by atoms with Crippen LogP contribution in [0.5, 0.6) is 0 Å². The van der Waals surface area contributed by atoms with Crippen molar-refractivity contribution in [1.29, 1.82) is 0 Å². The number of nitrogens with one attached hydrogen (secondary N) is 1. The number of rotatable bonds is 5. The summed E-state index contributed by atoms with van der Waals surface area (Å²) in [6.45, 7) is 2.08. The van der Waals surface area contributed by atoms with E-state index in [0.29, 0.717) is 10.6 Å². The number of hydrazone groups is 1. The van der Waals surface area contributed by atoms with Crippen LogP contribution in [0.25, 0.3) is 0 Å². The Morgan fingerprint density at radius 3 is 2.31 bits per heavy atom. The van der Waals surface area contributed by atoms with E-state index in [4.69, 9.17) is 11.6 Å². The SMILES string of the molecule is Cc1ccc(Sc2ccc(/C=N\NC(=O)c3cccc(Cl)c3)cc2)cc1. The first-order valence-electron chi connectivity index (χ1n) is 8.04. The molecule has 3 rings (SSSR count). The van der Waals surface area contributed by atoms with E-state index in [1.54, 1.807) is 42.2 Å². The molecule has 0 saturated carbocycles. The summed E-state index contributed by atoms with van der Waals surface area (Å²) in [4.78, 5) is 14.3. The molecule has 0 aromatic heterocycles. The summed E-state index contributed by atoms with van der Waals surface area (Å²) in [5.74, 6) is -0.296. The summed E-state index contributed by atoms with van der Waals surface area (Å²) in [5.41, 5.74) is 5.13. The lowest BCUT2D eigenvalue weighted by molar-refractivity contribution is 0.0955. The van der Waals surface area contributed by atoms with Gasteiger partial charge in [0.2, 0.25) is 0 Å². The molecule has 0 heterocycles. The van der Waals surface area contributed by atoms with Gasteiger partial charge in [0.05, 0.1) is 6.21 Å². The maximum Gasteiger partial charge on any atom is 0.271 e. The topological polar surface area (TPSA) is 41.5 Å². The smallest absolute Gasteiger partial charge is 0.267 e. The first kappa shape index (κ1) is 18.2. The normalized spacial score (nSPS) is 10.8. The lowest BCUT2D eigenvalue weighted by Gasteiger charge is -2.03. The van der Waals surface area contributed by atoms with Crippen LogP contribution in [0, 0.1) is 6.92 Å². The van der Waals surface area contributed by atoms with Crippen molar-refractivity contribution in [2.75, 3.05) is 0 Å². The van der Waals surface area contributed by atoms with E-state index in [1.807, 2.05) is 24.3 Å². The Hall–Kier alpha value is -2.56. The molecule has 26 heavy (non-hydrogen) atoms. The van der Waals surface area contributed by atoms with E-state index < -0.39 is 0 Å². The van der Waals surface area contributed by atoms with Crippen LogP contribution in [0.1, 0.15) is 21.5 Å². The van der Waals surface area contributed by atoms with Crippen molar-refractivity contribution in [3.63, 3.8) is 0 Å². The van der Waals surface area contributed by atoms with Crippen LogP contribution in [0.15, 0.2) is 87.7 Å².